The summed E-state index contributed by atoms with van der Waals surface area (Å²) in [6.45, 7) is 33.7. The molecule has 3 aliphatic rings. The zero-order valence-corrected chi connectivity index (χ0v) is 32.8. The van der Waals surface area contributed by atoms with Gasteiger partial charge < -0.3 is 24.8 Å². The van der Waals surface area contributed by atoms with E-state index in [9.17, 15) is 0 Å². The number of allylic oxidation sites excluding steroid dienone is 4. The molecule has 3 aliphatic carbocycles. The van der Waals surface area contributed by atoms with E-state index in [1.165, 1.54) is 52.6 Å². The Kier molecular flexibility index (Phi) is 10.4. The summed E-state index contributed by atoms with van der Waals surface area (Å²) < 4.78 is 0. The van der Waals surface area contributed by atoms with Crippen LogP contribution in [0.4, 0.5) is 0 Å². The summed E-state index contributed by atoms with van der Waals surface area (Å²) in [4.78, 5) is 0. The first-order valence-electron chi connectivity index (χ1n) is 15.4. The maximum atomic E-state index is 2.66. The number of halogens is 2. The molecule has 228 valence electrons. The first kappa shape index (κ1) is 37.6. The summed E-state index contributed by atoms with van der Waals surface area (Å²) in [6, 6.07) is 10.4. The molecule has 1 atom stereocenters. The number of hydrogen-bond donors (Lipinski definition) is 0. The Balaban J connectivity index is 0.00000205. The number of rotatable bonds is 1. The van der Waals surface area contributed by atoms with E-state index in [4.69, 9.17) is 0 Å². The summed E-state index contributed by atoms with van der Waals surface area (Å²) in [5, 5.41) is 0. The van der Waals surface area contributed by atoms with Gasteiger partial charge in [-0.25, -0.2) is 0 Å². The molecule has 0 saturated carbocycles. The van der Waals surface area contributed by atoms with Crippen molar-refractivity contribution >= 4 is 0 Å². The third kappa shape index (κ3) is 5.76. The Morgan fingerprint density at radius 1 is 0.643 bits per heavy atom. The van der Waals surface area contributed by atoms with Gasteiger partial charge in [0, 0.05) is 11.3 Å². The molecule has 0 radical (unpaired) electrons. The number of hydrogen-bond acceptors (Lipinski definition) is 0. The van der Waals surface area contributed by atoms with E-state index in [-0.39, 0.29) is 78.1 Å². The molecular weight excluding hydrogens is 631 g/mol. The summed E-state index contributed by atoms with van der Waals surface area (Å²) in [6.07, 6.45) is 6.33. The van der Waals surface area contributed by atoms with Gasteiger partial charge in [-0.3, -0.25) is 0 Å². The summed E-state index contributed by atoms with van der Waals surface area (Å²) >= 11 is 0. The fraction of sp³-hybridized carbons (Fsp3) is 0.590. The van der Waals surface area contributed by atoms with Crippen LogP contribution in [0.25, 0.3) is 11.1 Å². The van der Waals surface area contributed by atoms with Crippen molar-refractivity contribution in [2.24, 2.45) is 16.2 Å². The third-order valence-corrected chi connectivity index (χ3v) is 10.5. The predicted molar refractivity (Wildman–Crippen MR) is 171 cm³/mol. The van der Waals surface area contributed by atoms with Crippen LogP contribution in [-0.4, -0.2) is 0 Å². The zero-order chi connectivity index (χ0) is 29.1. The Labute approximate surface area is 289 Å². The monoisotopic (exact) mass is 682 g/mol. The van der Waals surface area contributed by atoms with Crippen molar-refractivity contribution in [3.05, 3.63) is 80.4 Å². The van der Waals surface area contributed by atoms with Crippen LogP contribution in [0.2, 0.25) is 0 Å². The molecule has 0 bridgehead atoms. The van der Waals surface area contributed by atoms with Crippen LogP contribution in [0.3, 0.4) is 0 Å². The van der Waals surface area contributed by atoms with Crippen LogP contribution >= 0.6 is 0 Å². The van der Waals surface area contributed by atoms with Crippen molar-refractivity contribution < 1.29 is 51.0 Å². The SMILES string of the molecule is Cc1cc2c(cc1C(C)(C)C)-c1cc(C(C)(C)C)c(C)cc1C2C1(C(C)(C)C)CCC2=C1C=C(C(C)(C)C)C2.[Cl-].[Cl-].[Zr+2]. The topological polar surface area (TPSA) is 0 Å². The van der Waals surface area contributed by atoms with Gasteiger partial charge >= 0.3 is 26.2 Å². The molecule has 0 amide bonds. The Hall–Kier alpha value is -0.617. The summed E-state index contributed by atoms with van der Waals surface area (Å²) in [5.41, 5.74) is 17.7. The molecule has 2 aromatic rings. The van der Waals surface area contributed by atoms with Gasteiger partial charge in [0.2, 0.25) is 0 Å². The van der Waals surface area contributed by atoms with Crippen LogP contribution in [0.1, 0.15) is 142 Å². The van der Waals surface area contributed by atoms with Crippen molar-refractivity contribution in [2.45, 2.75) is 133 Å². The molecule has 1 unspecified atom stereocenters. The average Bonchev–Trinajstić information content (AvgIpc) is 3.40. The van der Waals surface area contributed by atoms with E-state index in [0.29, 0.717) is 5.92 Å². The van der Waals surface area contributed by atoms with Gasteiger partial charge in [-0.2, -0.15) is 0 Å². The van der Waals surface area contributed by atoms with E-state index >= 15 is 0 Å². The van der Waals surface area contributed by atoms with Crippen molar-refractivity contribution in [1.29, 1.82) is 0 Å². The summed E-state index contributed by atoms with van der Waals surface area (Å²) in [5.74, 6) is 0.381. The zero-order valence-electron chi connectivity index (χ0n) is 28.8. The molecule has 0 N–H and O–H groups in total. The van der Waals surface area contributed by atoms with E-state index in [2.05, 4.69) is 127 Å². The number of benzene rings is 2. The third-order valence-electron chi connectivity index (χ3n) is 10.5. The minimum absolute atomic E-state index is 0. The van der Waals surface area contributed by atoms with Crippen LogP contribution in [0, 0.1) is 30.1 Å². The Morgan fingerprint density at radius 3 is 1.43 bits per heavy atom. The molecule has 0 heterocycles. The Morgan fingerprint density at radius 2 is 1.07 bits per heavy atom. The van der Waals surface area contributed by atoms with Crippen molar-refractivity contribution in [3.63, 3.8) is 0 Å². The largest absolute Gasteiger partial charge is 2.00 e. The van der Waals surface area contributed by atoms with Gasteiger partial charge in [0.1, 0.15) is 0 Å². The van der Waals surface area contributed by atoms with Gasteiger partial charge in [-0.1, -0.05) is 125 Å². The standard InChI is InChI=1S/C39H54.2ClH.Zr/c1-23-17-29-27(21-31(23)36(6,7)8)28-22-32(37(9,10)11)24(2)18-30(28)34(29)39(38(12,13)14)16-15-25-19-26(20-33(25)39)35(3,4)5;;;/h17-18,20-22,34H,15-16,19H2,1-14H3;2*1H;/q;;;+2/p-2. The van der Waals surface area contributed by atoms with Crippen molar-refractivity contribution in [1.82, 2.24) is 0 Å². The van der Waals surface area contributed by atoms with Crippen LogP contribution in [0.5, 0.6) is 0 Å². The molecule has 2 aromatic carbocycles. The predicted octanol–water partition coefficient (Wildman–Crippen LogP) is 5.52. The molecule has 0 aromatic heterocycles. The maximum Gasteiger partial charge on any atom is 2.00 e. The number of fused-ring (bicyclic) bond motifs is 3. The second-order valence-corrected chi connectivity index (χ2v) is 17.3. The minimum Gasteiger partial charge on any atom is -1.00 e. The summed E-state index contributed by atoms with van der Waals surface area (Å²) in [7, 11) is 0. The number of aryl methyl sites for hydroxylation is 2. The minimum atomic E-state index is 0. The molecule has 5 rings (SSSR count). The van der Waals surface area contributed by atoms with Gasteiger partial charge in [0.15, 0.2) is 0 Å². The molecular formula is C39H54Cl2Zr. The maximum absolute atomic E-state index is 2.66. The van der Waals surface area contributed by atoms with Crippen molar-refractivity contribution in [2.75, 3.05) is 0 Å². The van der Waals surface area contributed by atoms with E-state index in [1.54, 1.807) is 27.8 Å². The fourth-order valence-corrected chi connectivity index (χ4v) is 8.52. The first-order valence-corrected chi connectivity index (χ1v) is 15.4. The first-order chi connectivity index (χ1) is 17.7. The van der Waals surface area contributed by atoms with Crippen molar-refractivity contribution in [3.8, 4) is 11.1 Å². The second kappa shape index (κ2) is 11.6. The second-order valence-electron chi connectivity index (χ2n) is 17.3. The molecule has 0 saturated heterocycles. The molecule has 42 heavy (non-hydrogen) atoms. The van der Waals surface area contributed by atoms with E-state index < -0.39 is 0 Å². The molecule has 0 nitrogen and oxygen atoms in total. The molecule has 3 heteroatoms. The average molecular weight is 685 g/mol. The van der Waals surface area contributed by atoms with Gasteiger partial charge in [-0.15, -0.1) is 0 Å². The Bertz CT molecular complexity index is 1360. The quantitative estimate of drug-likeness (QED) is 0.372. The van der Waals surface area contributed by atoms with Gasteiger partial charge in [-0.05, 0) is 105 Å². The van der Waals surface area contributed by atoms with Crippen LogP contribution in [0.15, 0.2) is 47.1 Å². The molecule has 0 spiro atoms. The van der Waals surface area contributed by atoms with Crippen LogP contribution in [-0.2, 0) is 37.0 Å². The normalized spacial score (nSPS) is 20.3. The van der Waals surface area contributed by atoms with E-state index in [0.717, 1.165) is 0 Å². The fourth-order valence-electron chi connectivity index (χ4n) is 8.52. The van der Waals surface area contributed by atoms with Crippen LogP contribution < -0.4 is 24.8 Å². The van der Waals surface area contributed by atoms with Gasteiger partial charge in [0.05, 0.1) is 0 Å². The molecule has 0 aliphatic heterocycles. The smallest absolute Gasteiger partial charge is 1.00 e. The van der Waals surface area contributed by atoms with E-state index in [1.807, 2.05) is 0 Å². The molecule has 0 fully saturated rings. The van der Waals surface area contributed by atoms with Gasteiger partial charge in [0.25, 0.3) is 0 Å².